The number of rotatable bonds is 13. The lowest BCUT2D eigenvalue weighted by Gasteiger charge is -2.23. The Morgan fingerprint density at radius 2 is 1.46 bits per heavy atom. The number of aliphatic hydroxyl groups excluding tert-OH is 2. The summed E-state index contributed by atoms with van der Waals surface area (Å²) in [5.41, 5.74) is 12.8. The van der Waals surface area contributed by atoms with Crippen LogP contribution in [0.5, 0.6) is 0 Å². The van der Waals surface area contributed by atoms with E-state index in [0.717, 1.165) is 41.9 Å². The van der Waals surface area contributed by atoms with E-state index < -0.39 is 5.82 Å². The number of allylic oxidation sites excluding steroid dienone is 7. The number of aliphatic hydroxyl groups is 2. The lowest BCUT2D eigenvalue weighted by atomic mass is 9.83. The van der Waals surface area contributed by atoms with Crippen LogP contribution in [0, 0.1) is 23.6 Å². The topological polar surface area (TPSA) is 99.6 Å². The minimum absolute atomic E-state index is 0.0868. The van der Waals surface area contributed by atoms with Crippen molar-refractivity contribution < 1.29 is 19.3 Å². The van der Waals surface area contributed by atoms with Gasteiger partial charge >= 0.3 is 0 Å². The van der Waals surface area contributed by atoms with Crippen molar-refractivity contribution in [3.05, 3.63) is 86.6 Å². The van der Waals surface area contributed by atoms with Gasteiger partial charge in [-0.1, -0.05) is 92.2 Å². The highest BCUT2D eigenvalue weighted by atomic mass is 19.1. The maximum atomic E-state index is 15.5. The summed E-state index contributed by atoms with van der Waals surface area (Å²) in [4.78, 5) is 0. The van der Waals surface area contributed by atoms with Crippen LogP contribution in [0.4, 0.5) is 4.39 Å². The molecular weight excluding hydrogens is 575 g/mol. The van der Waals surface area contributed by atoms with Gasteiger partial charge in [-0.05, 0) is 107 Å². The molecule has 1 aromatic rings. The van der Waals surface area contributed by atoms with Crippen LogP contribution in [-0.4, -0.2) is 29.1 Å². The molecule has 0 aliphatic carbocycles. The zero-order valence-electron chi connectivity index (χ0n) is 32.0. The smallest absolute Gasteiger partial charge is 0.136 e. The average Bonchev–Trinajstić information content (AvgIpc) is 3.04. The summed E-state index contributed by atoms with van der Waals surface area (Å²) in [6.45, 7) is 36.0. The van der Waals surface area contributed by atoms with Crippen LogP contribution in [-0.2, 0) is 17.8 Å². The lowest BCUT2D eigenvalue weighted by molar-refractivity contribution is 0.114. The number of nitrogens with one attached hydrogen (secondary N) is 1. The molecule has 264 valence electrons. The molecule has 0 radical (unpaired) electrons. The molecule has 0 saturated heterocycles. The summed E-state index contributed by atoms with van der Waals surface area (Å²) in [6.07, 6.45) is 8.67. The van der Waals surface area contributed by atoms with Crippen LogP contribution < -0.4 is 5.73 Å². The summed E-state index contributed by atoms with van der Waals surface area (Å²) >= 11 is 0. The van der Waals surface area contributed by atoms with Crippen LogP contribution in [0.2, 0.25) is 0 Å². The van der Waals surface area contributed by atoms with E-state index >= 15 is 4.39 Å². The predicted octanol–water partition coefficient (Wildman–Crippen LogP) is 10.9. The Morgan fingerprint density at radius 3 is 1.76 bits per heavy atom. The van der Waals surface area contributed by atoms with Gasteiger partial charge in [-0.3, -0.25) is 5.41 Å². The fourth-order valence-corrected chi connectivity index (χ4v) is 3.90. The summed E-state index contributed by atoms with van der Waals surface area (Å²) in [7, 11) is 0. The zero-order valence-corrected chi connectivity index (χ0v) is 32.0. The molecule has 0 heterocycles. The monoisotopic (exact) mass is 645 g/mol. The number of nitrogens with two attached hydrogens (primary N) is 1. The maximum absolute atomic E-state index is 15.5. The molecule has 0 saturated carbocycles. The normalized spacial score (nSPS) is 12.2. The van der Waals surface area contributed by atoms with Crippen molar-refractivity contribution in [2.24, 2.45) is 11.1 Å². The standard InChI is InChI=1S/C24H33FN2O.C9H18O.C4H10.C3H8O/c1-9-13(4)14(5)21(15(6)17(8)26)24(27)22-19(11-3)20(12-28)18(10-2)16(7)23(22)25;1-6-9(4,5)7-10-8(2)3;1-3-4-2;1-2-3-4/h9-10,27-28H,2,11-12,26H2,1,3-8H3;2,6-7H2,1,3-5H3;3-4H2,1-2H3;4H,2-3H2,1H3/b13-9-,17-15+,21-14-,27-24?;;;. The number of halogens is 1. The minimum atomic E-state index is -0.445. The van der Waals surface area contributed by atoms with E-state index in [-0.39, 0.29) is 17.9 Å². The summed E-state index contributed by atoms with van der Waals surface area (Å²) in [5.74, 6) is 0.362. The summed E-state index contributed by atoms with van der Waals surface area (Å²) in [5, 5.41) is 26.8. The molecule has 0 amide bonds. The quantitative estimate of drug-likeness (QED) is 0.0975. The summed E-state index contributed by atoms with van der Waals surface area (Å²) < 4.78 is 20.8. The second-order valence-corrected chi connectivity index (χ2v) is 12.3. The molecule has 5 nitrogen and oxygen atoms in total. The average molecular weight is 645 g/mol. The maximum Gasteiger partial charge on any atom is 0.136 e. The summed E-state index contributed by atoms with van der Waals surface area (Å²) in [6, 6.07) is 0. The molecule has 0 aliphatic heterocycles. The Morgan fingerprint density at radius 1 is 0.957 bits per heavy atom. The van der Waals surface area contributed by atoms with Crippen LogP contribution >= 0.6 is 0 Å². The van der Waals surface area contributed by atoms with Crippen molar-refractivity contribution in [2.75, 3.05) is 13.2 Å². The van der Waals surface area contributed by atoms with Gasteiger partial charge in [0.05, 0.1) is 24.7 Å². The van der Waals surface area contributed by atoms with E-state index in [9.17, 15) is 5.11 Å². The van der Waals surface area contributed by atoms with Gasteiger partial charge in [0.15, 0.2) is 0 Å². The highest BCUT2D eigenvalue weighted by Gasteiger charge is 2.26. The van der Waals surface area contributed by atoms with Crippen molar-refractivity contribution in [3.8, 4) is 0 Å². The molecular formula is C40H69FN2O3. The van der Waals surface area contributed by atoms with Crippen LogP contribution in [0.3, 0.4) is 0 Å². The van der Waals surface area contributed by atoms with E-state index in [2.05, 4.69) is 47.8 Å². The number of unbranched alkanes of at least 4 members (excludes halogenated alkanes) is 1. The van der Waals surface area contributed by atoms with Gasteiger partial charge in [0.25, 0.3) is 0 Å². The third-order valence-corrected chi connectivity index (χ3v) is 7.92. The molecule has 0 aliphatic rings. The second kappa shape index (κ2) is 25.2. The molecule has 46 heavy (non-hydrogen) atoms. The van der Waals surface area contributed by atoms with Crippen LogP contribution in [0.25, 0.3) is 6.08 Å². The van der Waals surface area contributed by atoms with Crippen molar-refractivity contribution in [1.29, 1.82) is 5.41 Å². The van der Waals surface area contributed by atoms with E-state index in [0.29, 0.717) is 52.0 Å². The minimum Gasteiger partial charge on any atom is -0.498 e. The first-order chi connectivity index (χ1) is 21.4. The number of benzene rings is 1. The first-order valence-electron chi connectivity index (χ1n) is 16.7. The van der Waals surface area contributed by atoms with E-state index in [1.807, 2.05) is 54.5 Å². The third kappa shape index (κ3) is 16.0. The van der Waals surface area contributed by atoms with Gasteiger partial charge in [-0.2, -0.15) is 0 Å². The zero-order chi connectivity index (χ0) is 36.8. The fraction of sp³-hybridized carbons (Fsp3) is 0.575. The van der Waals surface area contributed by atoms with Crippen molar-refractivity contribution in [2.45, 2.75) is 136 Å². The van der Waals surface area contributed by atoms with Gasteiger partial charge in [0, 0.05) is 23.4 Å². The molecule has 1 aromatic carbocycles. The molecule has 6 heteroatoms. The largest absolute Gasteiger partial charge is 0.498 e. The number of ether oxygens (including phenoxy) is 1. The molecule has 1 rings (SSSR count). The molecule has 0 bridgehead atoms. The van der Waals surface area contributed by atoms with Gasteiger partial charge in [0.1, 0.15) is 5.82 Å². The molecule has 5 N–H and O–H groups in total. The van der Waals surface area contributed by atoms with Gasteiger partial charge in [-0.25, -0.2) is 4.39 Å². The molecule has 0 aromatic heterocycles. The Hall–Kier alpha value is -2.96. The Kier molecular flexibility index (Phi) is 26.0. The van der Waals surface area contributed by atoms with Gasteiger partial charge in [-0.15, -0.1) is 0 Å². The van der Waals surface area contributed by atoms with Crippen molar-refractivity contribution in [1.82, 2.24) is 0 Å². The predicted molar refractivity (Wildman–Crippen MR) is 201 cm³/mol. The lowest BCUT2D eigenvalue weighted by Crippen LogP contribution is -2.18. The molecule has 0 fully saturated rings. The SMILES string of the molecule is C=C(C)OCC(C)(C)CC.C=Cc1c(C)c(F)c(C(=N)C(=C(C)\C(C)=C/C)/C(C)=C(\C)N)c(CC)c1CO.CCCC.CCCO. The van der Waals surface area contributed by atoms with E-state index in [1.54, 1.807) is 19.9 Å². The van der Waals surface area contributed by atoms with Crippen LogP contribution in [0.15, 0.2) is 53.0 Å². The molecule has 0 unspecified atom stereocenters. The highest BCUT2D eigenvalue weighted by Crippen LogP contribution is 2.33. The molecule has 0 atom stereocenters. The van der Waals surface area contributed by atoms with Crippen molar-refractivity contribution in [3.63, 3.8) is 0 Å². The first-order valence-corrected chi connectivity index (χ1v) is 16.7. The van der Waals surface area contributed by atoms with Crippen molar-refractivity contribution >= 4 is 11.8 Å². The van der Waals surface area contributed by atoms with Crippen LogP contribution in [0.1, 0.15) is 144 Å². The Labute approximate surface area is 282 Å². The number of hydrogen-bond donors (Lipinski definition) is 4. The number of hydrogen-bond acceptors (Lipinski definition) is 5. The van der Waals surface area contributed by atoms with E-state index in [4.69, 9.17) is 21.0 Å². The second-order valence-electron chi connectivity index (χ2n) is 12.3. The molecule has 0 spiro atoms. The fourth-order valence-electron chi connectivity index (χ4n) is 3.90. The third-order valence-electron chi connectivity index (χ3n) is 7.92. The Balaban J connectivity index is -0.000000838. The first kappa shape index (κ1) is 47.4. The van der Waals surface area contributed by atoms with Gasteiger partial charge in [0.2, 0.25) is 0 Å². The highest BCUT2D eigenvalue weighted by molar-refractivity contribution is 6.15. The van der Waals surface area contributed by atoms with E-state index in [1.165, 1.54) is 12.8 Å². The van der Waals surface area contributed by atoms with Gasteiger partial charge < -0.3 is 20.7 Å². The Bertz CT molecular complexity index is 1190.